The van der Waals surface area contributed by atoms with Crippen LogP contribution >= 0.6 is 22.9 Å². The average molecular weight is 605 g/mol. The van der Waals surface area contributed by atoms with Gasteiger partial charge < -0.3 is 24.3 Å². The Hall–Kier alpha value is -3.78. The first-order valence-corrected chi connectivity index (χ1v) is 15.1. The van der Waals surface area contributed by atoms with Crippen LogP contribution < -0.4 is 9.64 Å². The molecule has 0 aliphatic carbocycles. The molecule has 2 aliphatic heterocycles. The number of amides is 1. The number of hydrogen-bond acceptors (Lipinski definition) is 7. The van der Waals surface area contributed by atoms with Gasteiger partial charge in [0.1, 0.15) is 18.5 Å². The van der Waals surface area contributed by atoms with E-state index in [4.69, 9.17) is 32.9 Å². The lowest BCUT2D eigenvalue weighted by molar-refractivity contribution is -0.131. The van der Waals surface area contributed by atoms with E-state index in [2.05, 4.69) is 41.6 Å². The summed E-state index contributed by atoms with van der Waals surface area (Å²) in [5.74, 6) is -1.12. The van der Waals surface area contributed by atoms with E-state index in [9.17, 15) is 9.18 Å². The van der Waals surface area contributed by atoms with Gasteiger partial charge in [-0.3, -0.25) is 4.79 Å². The lowest BCUT2D eigenvalue weighted by Crippen LogP contribution is -2.56. The number of likely N-dealkylation sites (N-methyl/N-ethyl adjacent to an activating group) is 1. The van der Waals surface area contributed by atoms with Gasteiger partial charge in [0, 0.05) is 35.8 Å². The zero-order chi connectivity index (χ0) is 29.4. The van der Waals surface area contributed by atoms with Gasteiger partial charge in [0.25, 0.3) is 5.91 Å². The van der Waals surface area contributed by atoms with Crippen LogP contribution in [0, 0.1) is 6.57 Å². The zero-order valence-electron chi connectivity index (χ0n) is 23.2. The summed E-state index contributed by atoms with van der Waals surface area (Å²) >= 11 is 7.89. The van der Waals surface area contributed by atoms with Crippen molar-refractivity contribution in [2.24, 2.45) is 0 Å². The summed E-state index contributed by atoms with van der Waals surface area (Å²) in [5.41, 5.74) is 2.79. The molecule has 11 heteroatoms. The highest BCUT2D eigenvalue weighted by molar-refractivity contribution is 7.23. The number of carbonyl (C=O) groups is 1. The number of nitrogens with zero attached hydrogens (tertiary/aromatic N) is 6. The third-order valence-electron chi connectivity index (χ3n) is 8.13. The quantitative estimate of drug-likeness (QED) is 0.189. The Morgan fingerprint density at radius 3 is 2.83 bits per heavy atom. The van der Waals surface area contributed by atoms with Crippen molar-refractivity contribution in [3.8, 4) is 17.1 Å². The molecule has 216 valence electrons. The lowest BCUT2D eigenvalue weighted by atomic mass is 10.0. The van der Waals surface area contributed by atoms with E-state index in [0.29, 0.717) is 31.6 Å². The maximum atomic E-state index is 13.8. The number of hydrogen-bond donors (Lipinski definition) is 0. The number of fused-ring (bicyclic) bond motifs is 2. The highest BCUT2D eigenvalue weighted by Crippen LogP contribution is 2.39. The number of likely N-dealkylation sites (tertiary alicyclic amines) is 1. The van der Waals surface area contributed by atoms with Crippen LogP contribution in [0.2, 0.25) is 4.34 Å². The molecule has 2 aromatic carbocycles. The molecule has 0 spiro atoms. The molecule has 2 fully saturated rings. The van der Waals surface area contributed by atoms with Gasteiger partial charge in [-0.05, 0) is 61.1 Å². The van der Waals surface area contributed by atoms with E-state index in [1.165, 1.54) is 4.90 Å². The predicted molar refractivity (Wildman–Crippen MR) is 166 cm³/mol. The maximum absolute atomic E-state index is 13.8. The van der Waals surface area contributed by atoms with Crippen LogP contribution in [0.4, 0.5) is 10.2 Å². The normalized spacial score (nSPS) is 19.4. The van der Waals surface area contributed by atoms with Crippen molar-refractivity contribution in [3.63, 3.8) is 0 Å². The topological polar surface area (TPSA) is 66.2 Å². The summed E-state index contributed by atoms with van der Waals surface area (Å²) in [4.78, 5) is 31.4. The van der Waals surface area contributed by atoms with Crippen molar-refractivity contribution < 1.29 is 13.9 Å². The number of rotatable bonds is 7. The second kappa shape index (κ2) is 11.8. The Kier molecular flexibility index (Phi) is 7.99. The number of thiophene rings is 1. The van der Waals surface area contributed by atoms with Gasteiger partial charge in [-0.1, -0.05) is 42.4 Å². The van der Waals surface area contributed by atoms with Crippen LogP contribution in [-0.2, 0) is 4.79 Å². The Morgan fingerprint density at radius 1 is 1.21 bits per heavy atom. The smallest absolute Gasteiger partial charge is 0.319 e. The first kappa shape index (κ1) is 28.3. The number of carbonyl (C=O) groups excluding carboxylic acids is 1. The molecule has 1 amide bonds. The van der Waals surface area contributed by atoms with E-state index in [1.807, 2.05) is 29.2 Å². The minimum absolute atomic E-state index is 0.0490. The Bertz CT molecular complexity index is 1720. The first-order valence-electron chi connectivity index (χ1n) is 13.9. The molecule has 4 aromatic rings. The second-order valence-corrected chi connectivity index (χ2v) is 12.5. The zero-order valence-corrected chi connectivity index (χ0v) is 24.8. The SMILES string of the molecule is [C-]#[N+]C[C@H]1CN(c2nc(OC[C@@H]3CCCN3C)nc3cc(-c4cccc5cc(Cl)sc45)ccc23)CCN1C(=O)C(=C)F. The van der Waals surface area contributed by atoms with E-state index in [1.54, 1.807) is 11.3 Å². The van der Waals surface area contributed by atoms with Crippen LogP contribution in [0.5, 0.6) is 6.01 Å². The van der Waals surface area contributed by atoms with Crippen molar-refractivity contribution in [2.75, 3.05) is 51.3 Å². The van der Waals surface area contributed by atoms with Crippen LogP contribution in [-0.4, -0.2) is 84.1 Å². The van der Waals surface area contributed by atoms with Crippen molar-refractivity contribution in [1.29, 1.82) is 0 Å². The molecule has 2 saturated heterocycles. The predicted octanol–water partition coefficient (Wildman–Crippen LogP) is 6.06. The number of benzene rings is 2. The van der Waals surface area contributed by atoms with Gasteiger partial charge in [0.15, 0.2) is 5.83 Å². The van der Waals surface area contributed by atoms with E-state index in [-0.39, 0.29) is 19.1 Å². The van der Waals surface area contributed by atoms with E-state index in [0.717, 1.165) is 55.8 Å². The summed E-state index contributed by atoms with van der Waals surface area (Å²) in [7, 11) is 2.10. The monoisotopic (exact) mass is 604 g/mol. The molecule has 4 heterocycles. The molecular weight excluding hydrogens is 575 g/mol. The summed E-state index contributed by atoms with van der Waals surface area (Å²) in [6, 6.07) is 14.3. The summed E-state index contributed by atoms with van der Waals surface area (Å²) < 4.78 is 21.8. The summed E-state index contributed by atoms with van der Waals surface area (Å²) in [6.45, 7) is 13.2. The molecule has 0 radical (unpaired) electrons. The number of ether oxygens (including phenoxy) is 1. The summed E-state index contributed by atoms with van der Waals surface area (Å²) in [5, 5.41) is 1.92. The fraction of sp³-hybridized carbons (Fsp3) is 0.355. The van der Waals surface area contributed by atoms with Crippen LogP contribution in [0.1, 0.15) is 12.8 Å². The minimum atomic E-state index is -1.02. The fourth-order valence-corrected chi connectivity index (χ4v) is 7.19. The molecule has 8 nitrogen and oxygen atoms in total. The summed E-state index contributed by atoms with van der Waals surface area (Å²) in [6.07, 6.45) is 2.19. The Balaban J connectivity index is 1.40. The van der Waals surface area contributed by atoms with Crippen molar-refractivity contribution >= 4 is 55.7 Å². The maximum Gasteiger partial charge on any atom is 0.319 e. The molecule has 6 rings (SSSR count). The number of piperazine rings is 1. The molecule has 0 saturated carbocycles. The average Bonchev–Trinajstić information content (AvgIpc) is 3.58. The lowest BCUT2D eigenvalue weighted by Gasteiger charge is -2.39. The number of aromatic nitrogens is 2. The van der Waals surface area contributed by atoms with Crippen molar-refractivity contribution in [2.45, 2.75) is 24.9 Å². The second-order valence-electron chi connectivity index (χ2n) is 10.8. The molecule has 2 aromatic heterocycles. The molecular formula is C31H30ClFN6O2S. The van der Waals surface area contributed by atoms with Gasteiger partial charge in [-0.2, -0.15) is 9.97 Å². The standard InChI is InChI=1S/C31H30ClFN6O2S/c1-19(33)30(40)39-13-12-38(17-23(39)16-34-2)29-25-10-9-20(24-8-4-6-21-15-27(32)42-28(21)24)14-26(25)35-31(36-29)41-18-22-7-5-11-37(22)3/h4,6,8-10,14-15,22-23H,1,5,7,11-13,16-18H2,3H3/t22-,23-/m0/s1. The third-order valence-corrected chi connectivity index (χ3v) is 9.45. The van der Waals surface area contributed by atoms with Crippen LogP contribution in [0.25, 0.3) is 37.0 Å². The molecule has 0 bridgehead atoms. The van der Waals surface area contributed by atoms with Gasteiger partial charge in [0.05, 0.1) is 9.85 Å². The highest BCUT2D eigenvalue weighted by Gasteiger charge is 2.35. The Labute approximate surface area is 252 Å². The Morgan fingerprint density at radius 2 is 2.07 bits per heavy atom. The largest absolute Gasteiger partial charge is 0.462 e. The molecule has 0 N–H and O–H groups in total. The van der Waals surface area contributed by atoms with Crippen molar-refractivity contribution in [1.82, 2.24) is 19.8 Å². The molecule has 2 atom stereocenters. The van der Waals surface area contributed by atoms with E-state index >= 15 is 0 Å². The third kappa shape index (κ3) is 5.52. The van der Waals surface area contributed by atoms with Gasteiger partial charge in [-0.15, -0.1) is 11.3 Å². The molecule has 0 unspecified atom stereocenters. The molecule has 42 heavy (non-hydrogen) atoms. The van der Waals surface area contributed by atoms with Gasteiger partial charge >= 0.3 is 6.01 Å². The van der Waals surface area contributed by atoms with Gasteiger partial charge in [0.2, 0.25) is 6.54 Å². The first-order chi connectivity index (χ1) is 20.3. The number of anilines is 1. The fourth-order valence-electron chi connectivity index (χ4n) is 5.92. The van der Waals surface area contributed by atoms with Crippen LogP contribution in [0.3, 0.4) is 0 Å². The van der Waals surface area contributed by atoms with Crippen LogP contribution in [0.15, 0.2) is 54.9 Å². The number of halogens is 2. The van der Waals surface area contributed by atoms with E-state index < -0.39 is 17.8 Å². The highest BCUT2D eigenvalue weighted by atomic mass is 35.5. The minimum Gasteiger partial charge on any atom is -0.462 e. The van der Waals surface area contributed by atoms with Crippen molar-refractivity contribution in [3.05, 3.63) is 70.6 Å². The molecule has 2 aliphatic rings. The van der Waals surface area contributed by atoms with Gasteiger partial charge in [-0.25, -0.2) is 11.0 Å².